The molecule has 5 nitrogen and oxygen atoms in total. The van der Waals surface area contributed by atoms with Gasteiger partial charge in [-0.15, -0.1) is 11.3 Å². The van der Waals surface area contributed by atoms with Gasteiger partial charge in [0.05, 0.1) is 4.88 Å². The van der Waals surface area contributed by atoms with E-state index >= 15 is 0 Å². The minimum atomic E-state index is 0.614. The maximum atomic E-state index is 5.82. The average molecular weight is 510 g/mol. The van der Waals surface area contributed by atoms with Gasteiger partial charge in [0, 0.05) is 22.9 Å². The number of rotatable bonds is 10. The Bertz CT molecular complexity index is 1350. The lowest BCUT2D eigenvalue weighted by molar-refractivity contribution is 0.939. The molecule has 190 valence electrons. The van der Waals surface area contributed by atoms with Crippen LogP contribution in [0.1, 0.15) is 33.4 Å². The molecule has 0 aliphatic carbocycles. The first-order chi connectivity index (χ1) is 18.1. The highest BCUT2D eigenvalue weighted by atomic mass is 32.1. The fourth-order valence-electron chi connectivity index (χ4n) is 4.40. The highest BCUT2D eigenvalue weighted by molar-refractivity contribution is 7.18. The molecule has 1 aromatic heterocycles. The van der Waals surface area contributed by atoms with Gasteiger partial charge in [0.2, 0.25) is 0 Å². The number of hydrogen-bond donors (Lipinski definition) is 4. The van der Waals surface area contributed by atoms with Gasteiger partial charge in [-0.05, 0) is 104 Å². The third kappa shape index (κ3) is 7.36. The van der Waals surface area contributed by atoms with Gasteiger partial charge < -0.3 is 22.9 Å². The Hall–Kier alpha value is -3.31. The Morgan fingerprint density at radius 3 is 1.70 bits per heavy atom. The summed E-state index contributed by atoms with van der Waals surface area (Å²) in [6, 6.07) is 21.3. The molecule has 0 saturated heterocycles. The minimum Gasteiger partial charge on any atom is -0.330 e. The quantitative estimate of drug-likeness (QED) is 0.242. The highest BCUT2D eigenvalue weighted by Crippen LogP contribution is 2.33. The van der Waals surface area contributed by atoms with Crippen LogP contribution in [0.25, 0.3) is 21.0 Å². The lowest BCUT2D eigenvalue weighted by Crippen LogP contribution is -2.06. The normalized spacial score (nSPS) is 10.8. The molecule has 0 bridgehead atoms. The van der Waals surface area contributed by atoms with E-state index in [0.717, 1.165) is 52.3 Å². The fourth-order valence-corrected chi connectivity index (χ4v) is 5.30. The van der Waals surface area contributed by atoms with Crippen LogP contribution in [0.2, 0.25) is 0 Å². The molecule has 8 N–H and O–H groups in total. The van der Waals surface area contributed by atoms with Crippen molar-refractivity contribution in [3.05, 3.63) is 100 Å². The molecule has 4 rings (SSSR count). The van der Waals surface area contributed by atoms with Crippen LogP contribution < -0.4 is 22.9 Å². The maximum Gasteiger partial charge on any atom is 0.123 e. The van der Waals surface area contributed by atoms with Crippen molar-refractivity contribution in [1.29, 1.82) is 0 Å². The van der Waals surface area contributed by atoms with Crippen LogP contribution in [0, 0.1) is 11.8 Å². The molecule has 0 spiro atoms. The summed E-state index contributed by atoms with van der Waals surface area (Å²) in [7, 11) is 0. The Labute approximate surface area is 223 Å². The summed E-state index contributed by atoms with van der Waals surface area (Å²) < 4.78 is 0. The van der Waals surface area contributed by atoms with Gasteiger partial charge in [-0.1, -0.05) is 48.2 Å². The third-order valence-electron chi connectivity index (χ3n) is 6.09. The van der Waals surface area contributed by atoms with Crippen LogP contribution >= 0.6 is 11.3 Å². The summed E-state index contributed by atoms with van der Waals surface area (Å²) in [6.45, 7) is 2.47. The Kier molecular flexibility index (Phi) is 9.61. The van der Waals surface area contributed by atoms with E-state index in [2.05, 4.69) is 60.4 Å². The molecule has 6 heteroatoms. The molecule has 37 heavy (non-hydrogen) atoms. The predicted octanol–water partition coefficient (Wildman–Crippen LogP) is 3.88. The molecule has 4 aromatic rings. The van der Waals surface area contributed by atoms with Crippen molar-refractivity contribution in [3.8, 4) is 32.9 Å². The van der Waals surface area contributed by atoms with Crippen molar-refractivity contribution in [2.24, 2.45) is 22.9 Å². The molecule has 0 aliphatic heterocycles. The summed E-state index contributed by atoms with van der Waals surface area (Å²) in [6.07, 6.45) is 5.31. The van der Waals surface area contributed by atoms with Crippen LogP contribution in [0.4, 0.5) is 0 Å². The van der Waals surface area contributed by atoms with Crippen molar-refractivity contribution < 1.29 is 0 Å². The number of thiazole rings is 1. The average Bonchev–Trinajstić information content (AvgIpc) is 3.39. The van der Waals surface area contributed by atoms with Gasteiger partial charge in [-0.25, -0.2) is 4.98 Å². The molecule has 0 saturated carbocycles. The van der Waals surface area contributed by atoms with Gasteiger partial charge in [-0.2, -0.15) is 0 Å². The van der Waals surface area contributed by atoms with Crippen LogP contribution in [0.15, 0.2) is 66.9 Å². The number of aromatic nitrogens is 1. The van der Waals surface area contributed by atoms with E-state index in [4.69, 9.17) is 27.9 Å². The van der Waals surface area contributed by atoms with E-state index in [9.17, 15) is 0 Å². The minimum absolute atomic E-state index is 0.614. The molecular formula is C31H35N5S. The van der Waals surface area contributed by atoms with Crippen molar-refractivity contribution in [2.45, 2.75) is 25.7 Å². The molecule has 0 radical (unpaired) electrons. The number of benzene rings is 3. The zero-order valence-corrected chi connectivity index (χ0v) is 22.0. The summed E-state index contributed by atoms with van der Waals surface area (Å²) in [4.78, 5) is 5.87. The molecule has 0 aliphatic rings. The van der Waals surface area contributed by atoms with Crippen molar-refractivity contribution >= 4 is 11.3 Å². The predicted molar refractivity (Wildman–Crippen MR) is 156 cm³/mol. The van der Waals surface area contributed by atoms with E-state index in [1.807, 2.05) is 18.3 Å². The molecule has 3 aromatic carbocycles. The molecular weight excluding hydrogens is 474 g/mol. The van der Waals surface area contributed by atoms with Crippen LogP contribution in [0.5, 0.6) is 0 Å². The lowest BCUT2D eigenvalue weighted by Gasteiger charge is -2.07. The standard InChI is InChI=1S/C31H35N5S/c32-10-6-24-14-23(15-25(16-24)7-11-33)5-4-22-2-1-3-28(18-22)31-36-21-30(37-31)29-19-26(8-12-34)17-27(20-29)9-13-35/h1-3,14-21H,6-13,32-35H2. The van der Waals surface area contributed by atoms with Crippen LogP contribution in [-0.2, 0) is 25.7 Å². The van der Waals surface area contributed by atoms with Crippen molar-refractivity contribution in [3.63, 3.8) is 0 Å². The molecule has 0 fully saturated rings. The van der Waals surface area contributed by atoms with Gasteiger partial charge in [0.15, 0.2) is 0 Å². The Balaban J connectivity index is 1.60. The molecule has 0 amide bonds. The number of nitrogens with two attached hydrogens (primary N) is 4. The van der Waals surface area contributed by atoms with E-state index in [1.165, 1.54) is 27.8 Å². The van der Waals surface area contributed by atoms with Crippen molar-refractivity contribution in [2.75, 3.05) is 26.2 Å². The summed E-state index contributed by atoms with van der Waals surface area (Å²) in [5.74, 6) is 6.67. The van der Waals surface area contributed by atoms with Crippen LogP contribution in [-0.4, -0.2) is 31.2 Å². The first-order valence-corrected chi connectivity index (χ1v) is 13.6. The Morgan fingerprint density at radius 2 is 1.14 bits per heavy atom. The van der Waals surface area contributed by atoms with Gasteiger partial charge >= 0.3 is 0 Å². The first-order valence-electron chi connectivity index (χ1n) is 12.8. The Morgan fingerprint density at radius 1 is 0.595 bits per heavy atom. The topological polar surface area (TPSA) is 117 Å². The molecule has 0 atom stereocenters. The van der Waals surface area contributed by atoms with Gasteiger partial charge in [0.25, 0.3) is 0 Å². The summed E-state index contributed by atoms with van der Waals surface area (Å²) >= 11 is 1.69. The summed E-state index contributed by atoms with van der Waals surface area (Å²) in [5.41, 5.74) is 32.2. The van der Waals surface area contributed by atoms with E-state index in [-0.39, 0.29) is 0 Å². The second-order valence-corrected chi connectivity index (χ2v) is 10.1. The fraction of sp³-hybridized carbons (Fsp3) is 0.258. The molecule has 1 heterocycles. The third-order valence-corrected chi connectivity index (χ3v) is 7.18. The smallest absolute Gasteiger partial charge is 0.123 e. The monoisotopic (exact) mass is 509 g/mol. The van der Waals surface area contributed by atoms with Crippen molar-refractivity contribution in [1.82, 2.24) is 4.98 Å². The molecule has 0 unspecified atom stereocenters. The van der Waals surface area contributed by atoms with E-state index < -0.39 is 0 Å². The largest absolute Gasteiger partial charge is 0.330 e. The second kappa shape index (κ2) is 13.3. The summed E-state index contributed by atoms with van der Waals surface area (Å²) in [5, 5.41) is 0.971. The van der Waals surface area contributed by atoms with Crippen LogP contribution in [0.3, 0.4) is 0 Å². The maximum absolute atomic E-state index is 5.82. The SMILES string of the molecule is NCCc1cc(C#Cc2cccc(-c3ncc(-c4cc(CCN)cc(CCN)c4)s3)c2)cc(CCN)c1. The van der Waals surface area contributed by atoms with E-state index in [1.54, 1.807) is 11.3 Å². The van der Waals surface area contributed by atoms with E-state index in [0.29, 0.717) is 26.2 Å². The number of hydrogen-bond acceptors (Lipinski definition) is 6. The lowest BCUT2D eigenvalue weighted by atomic mass is 10.0. The zero-order valence-electron chi connectivity index (χ0n) is 21.2. The number of nitrogens with zero attached hydrogens (tertiary/aromatic N) is 1. The first kappa shape index (κ1) is 26.7. The zero-order chi connectivity index (χ0) is 26.0. The van der Waals surface area contributed by atoms with Gasteiger partial charge in [-0.3, -0.25) is 0 Å². The second-order valence-electron chi connectivity index (χ2n) is 9.09. The van der Waals surface area contributed by atoms with Gasteiger partial charge in [0.1, 0.15) is 5.01 Å². The highest BCUT2D eigenvalue weighted by Gasteiger charge is 2.10.